The van der Waals surface area contributed by atoms with Gasteiger partial charge in [-0.15, -0.1) is 5.10 Å². The van der Waals surface area contributed by atoms with E-state index in [2.05, 4.69) is 15.7 Å². The van der Waals surface area contributed by atoms with E-state index in [9.17, 15) is 9.59 Å². The van der Waals surface area contributed by atoms with E-state index in [1.807, 2.05) is 12.1 Å². The number of halogens is 4. The monoisotopic (exact) mass is 612 g/mol. The van der Waals surface area contributed by atoms with Crippen LogP contribution in [-0.4, -0.2) is 28.2 Å². The number of benzene rings is 4. The van der Waals surface area contributed by atoms with Crippen molar-refractivity contribution in [2.24, 2.45) is 0 Å². The lowest BCUT2D eigenvalue weighted by Crippen LogP contribution is -2.19. The summed E-state index contributed by atoms with van der Waals surface area (Å²) in [6, 6.07) is 23.5. The van der Waals surface area contributed by atoms with Crippen LogP contribution in [0.2, 0.25) is 20.1 Å². The topological polar surface area (TPSA) is 85.2 Å². The molecule has 1 heterocycles. The van der Waals surface area contributed by atoms with Gasteiger partial charge in [0, 0.05) is 27.0 Å². The predicted molar refractivity (Wildman–Crippen MR) is 161 cm³/mol. The number of hydrogen-bond acceptors (Lipinski definition) is 4. The summed E-state index contributed by atoms with van der Waals surface area (Å²) in [4.78, 5) is 25.3. The minimum absolute atomic E-state index is 0.235. The third-order valence-electron chi connectivity index (χ3n) is 5.90. The fraction of sp³-hybridized carbons (Fsp3) is 0.0690. The van der Waals surface area contributed by atoms with Crippen LogP contribution in [0.5, 0.6) is 5.88 Å². The van der Waals surface area contributed by atoms with Gasteiger partial charge in [-0.1, -0.05) is 52.5 Å². The molecule has 5 rings (SSSR count). The van der Waals surface area contributed by atoms with Gasteiger partial charge < -0.3 is 15.4 Å². The van der Waals surface area contributed by atoms with Crippen molar-refractivity contribution < 1.29 is 14.3 Å². The molecule has 0 unspecified atom stereocenters. The van der Waals surface area contributed by atoms with E-state index >= 15 is 0 Å². The Labute approximate surface area is 249 Å². The molecule has 0 spiro atoms. The number of rotatable bonds is 8. The van der Waals surface area contributed by atoms with Crippen LogP contribution in [0, 0.1) is 0 Å². The molecule has 0 fully saturated rings. The maximum atomic E-state index is 12.7. The van der Waals surface area contributed by atoms with Gasteiger partial charge in [-0.25, -0.2) is 4.79 Å². The summed E-state index contributed by atoms with van der Waals surface area (Å²) >= 11 is 24.1. The molecule has 2 N–H and O–H groups in total. The number of hydrogen-bond donors (Lipinski definition) is 2. The van der Waals surface area contributed by atoms with Gasteiger partial charge in [-0.3, -0.25) is 9.48 Å². The Bertz CT molecular complexity index is 1700. The van der Waals surface area contributed by atoms with Crippen molar-refractivity contribution in [2.75, 3.05) is 17.2 Å². The SMILES string of the molecule is O=C(Nc1ccc(Cl)cc1)Nc1ccc2c(c1)c(OCC(=O)c1ccc(Cl)cc1)nn2Cc1ccc(Cl)c(Cl)c1. The average molecular weight is 614 g/mol. The molecule has 0 saturated heterocycles. The standard InChI is InChI=1S/C29H20Cl4N4O3/c30-19-4-2-18(3-5-19)27(38)16-40-28-23-14-22(35-29(39)34-21-8-6-20(31)7-9-21)10-12-26(23)37(36-28)15-17-1-11-24(32)25(33)13-17/h1-14H,15-16H2,(H2,34,35,39). The molecule has 0 aliphatic rings. The second-order valence-corrected chi connectivity index (χ2v) is 10.4. The maximum Gasteiger partial charge on any atom is 0.323 e. The Morgan fingerprint density at radius 2 is 1.40 bits per heavy atom. The number of ketones is 1. The first-order chi connectivity index (χ1) is 19.2. The zero-order valence-electron chi connectivity index (χ0n) is 20.6. The minimum Gasteiger partial charge on any atom is -0.468 e. The van der Waals surface area contributed by atoms with Crippen molar-refractivity contribution >= 4 is 80.5 Å². The zero-order chi connectivity index (χ0) is 28.2. The van der Waals surface area contributed by atoms with Crippen LogP contribution in [0.3, 0.4) is 0 Å². The van der Waals surface area contributed by atoms with Crippen LogP contribution in [0.25, 0.3) is 10.9 Å². The van der Waals surface area contributed by atoms with E-state index in [4.69, 9.17) is 51.1 Å². The molecule has 0 aliphatic carbocycles. The van der Waals surface area contributed by atoms with E-state index in [1.165, 1.54) is 0 Å². The summed E-state index contributed by atoms with van der Waals surface area (Å²) in [5.41, 5.74) is 3.14. The summed E-state index contributed by atoms with van der Waals surface area (Å²) in [6.07, 6.45) is 0. The number of anilines is 2. The van der Waals surface area contributed by atoms with E-state index in [0.717, 1.165) is 11.1 Å². The van der Waals surface area contributed by atoms with Gasteiger partial charge in [0.1, 0.15) is 0 Å². The second-order valence-electron chi connectivity index (χ2n) is 8.75. The Morgan fingerprint density at radius 3 is 2.10 bits per heavy atom. The molecule has 0 radical (unpaired) electrons. The summed E-state index contributed by atoms with van der Waals surface area (Å²) in [5, 5.41) is 12.8. The third-order valence-corrected chi connectivity index (χ3v) is 7.14. The molecular weight excluding hydrogens is 594 g/mol. The van der Waals surface area contributed by atoms with Gasteiger partial charge in [0.05, 0.1) is 27.5 Å². The van der Waals surface area contributed by atoms with Gasteiger partial charge in [0.2, 0.25) is 5.88 Å². The van der Waals surface area contributed by atoms with Crippen LogP contribution in [0.4, 0.5) is 16.2 Å². The lowest BCUT2D eigenvalue weighted by atomic mass is 10.1. The van der Waals surface area contributed by atoms with Crippen LogP contribution >= 0.6 is 46.4 Å². The highest BCUT2D eigenvalue weighted by Gasteiger charge is 2.16. The molecule has 1 aromatic heterocycles. The second kappa shape index (κ2) is 12.2. The number of carbonyl (C=O) groups excluding carboxylic acids is 2. The third kappa shape index (κ3) is 6.69. The fourth-order valence-corrected chi connectivity index (χ4v) is 4.52. The first kappa shape index (κ1) is 27.8. The Hall–Kier alpha value is -3.75. The van der Waals surface area contributed by atoms with Crippen molar-refractivity contribution in [3.63, 3.8) is 0 Å². The number of urea groups is 1. The van der Waals surface area contributed by atoms with Crippen molar-refractivity contribution in [1.82, 2.24) is 9.78 Å². The van der Waals surface area contributed by atoms with Gasteiger partial charge in [0.25, 0.3) is 0 Å². The highest BCUT2D eigenvalue weighted by molar-refractivity contribution is 6.42. The quantitative estimate of drug-likeness (QED) is 0.172. The van der Waals surface area contributed by atoms with Gasteiger partial charge in [-0.05, 0) is 84.4 Å². The Morgan fingerprint density at radius 1 is 0.750 bits per heavy atom. The lowest BCUT2D eigenvalue weighted by Gasteiger charge is -2.09. The summed E-state index contributed by atoms with van der Waals surface area (Å²) in [5.74, 6) is -0.000366. The smallest absolute Gasteiger partial charge is 0.323 e. The van der Waals surface area contributed by atoms with Crippen molar-refractivity contribution in [3.8, 4) is 5.88 Å². The van der Waals surface area contributed by atoms with Crippen molar-refractivity contribution in [2.45, 2.75) is 6.54 Å². The molecule has 7 nitrogen and oxygen atoms in total. The summed E-state index contributed by atoms with van der Waals surface area (Å²) in [7, 11) is 0. The fourth-order valence-electron chi connectivity index (χ4n) is 3.95. The number of amides is 2. The van der Waals surface area contributed by atoms with E-state index in [-0.39, 0.29) is 18.3 Å². The van der Waals surface area contributed by atoms with E-state index < -0.39 is 6.03 Å². The number of carbonyl (C=O) groups is 2. The minimum atomic E-state index is -0.440. The first-order valence-electron chi connectivity index (χ1n) is 11.9. The average Bonchev–Trinajstić information content (AvgIpc) is 3.27. The predicted octanol–water partition coefficient (Wildman–Crippen LogP) is 8.60. The molecule has 202 valence electrons. The Balaban J connectivity index is 1.41. The van der Waals surface area contributed by atoms with Crippen molar-refractivity contribution in [1.29, 1.82) is 0 Å². The highest BCUT2D eigenvalue weighted by atomic mass is 35.5. The molecule has 0 atom stereocenters. The highest BCUT2D eigenvalue weighted by Crippen LogP contribution is 2.30. The number of ether oxygens (including phenoxy) is 1. The normalized spacial score (nSPS) is 10.9. The molecule has 5 aromatic rings. The molecule has 11 heteroatoms. The van der Waals surface area contributed by atoms with Crippen LogP contribution < -0.4 is 15.4 Å². The van der Waals surface area contributed by atoms with Crippen LogP contribution in [0.1, 0.15) is 15.9 Å². The van der Waals surface area contributed by atoms with Crippen LogP contribution in [0.15, 0.2) is 84.9 Å². The molecule has 0 aliphatic heterocycles. The lowest BCUT2D eigenvalue weighted by molar-refractivity contribution is 0.0918. The molecule has 0 saturated carbocycles. The van der Waals surface area contributed by atoms with E-state index in [1.54, 1.807) is 77.5 Å². The largest absolute Gasteiger partial charge is 0.468 e. The number of fused-ring (bicyclic) bond motifs is 1. The van der Waals surface area contributed by atoms with E-state index in [0.29, 0.717) is 49.0 Å². The summed E-state index contributed by atoms with van der Waals surface area (Å²) < 4.78 is 7.62. The molecule has 4 aromatic carbocycles. The number of nitrogens with zero attached hydrogens (tertiary/aromatic N) is 2. The molecule has 2 amide bonds. The molecule has 0 bridgehead atoms. The Kier molecular flexibility index (Phi) is 8.47. The maximum absolute atomic E-state index is 12.7. The molecule has 40 heavy (non-hydrogen) atoms. The number of aromatic nitrogens is 2. The number of nitrogens with one attached hydrogen (secondary N) is 2. The van der Waals surface area contributed by atoms with Crippen LogP contribution in [-0.2, 0) is 6.54 Å². The first-order valence-corrected chi connectivity index (χ1v) is 13.5. The van der Waals surface area contributed by atoms with Gasteiger partial charge in [0.15, 0.2) is 12.4 Å². The number of Topliss-reactive ketones (excluding diaryl/α,β-unsaturated/α-hetero) is 1. The van der Waals surface area contributed by atoms with Crippen molar-refractivity contribution in [3.05, 3.63) is 116 Å². The summed E-state index contributed by atoms with van der Waals surface area (Å²) in [6.45, 7) is 0.126. The van der Waals surface area contributed by atoms with Gasteiger partial charge >= 0.3 is 6.03 Å². The zero-order valence-corrected chi connectivity index (χ0v) is 23.7. The van der Waals surface area contributed by atoms with Gasteiger partial charge in [-0.2, -0.15) is 0 Å². The molecular formula is C29H20Cl4N4O3.